The lowest BCUT2D eigenvalue weighted by Gasteiger charge is -2.36. The zero-order valence-electron chi connectivity index (χ0n) is 7.88. The summed E-state index contributed by atoms with van der Waals surface area (Å²) in [5.41, 5.74) is 0. The Morgan fingerprint density at radius 2 is 1.75 bits per heavy atom. The molecule has 0 aromatic heterocycles. The molecule has 2 rings (SSSR count). The van der Waals surface area contributed by atoms with Crippen LogP contribution in [0.25, 0.3) is 0 Å². The van der Waals surface area contributed by atoms with Crippen LogP contribution in [0.15, 0.2) is 0 Å². The lowest BCUT2D eigenvalue weighted by atomic mass is 9.84. The Kier molecular flexibility index (Phi) is 2.66. The highest BCUT2D eigenvalue weighted by molar-refractivity contribution is 4.79. The summed E-state index contributed by atoms with van der Waals surface area (Å²) < 4.78 is 5.96. The number of piperidine rings is 1. The van der Waals surface area contributed by atoms with E-state index in [9.17, 15) is 0 Å². The molecule has 2 aliphatic rings. The molecule has 0 aromatic carbocycles. The highest BCUT2D eigenvalue weighted by Gasteiger charge is 2.28. The van der Waals surface area contributed by atoms with E-state index in [0.29, 0.717) is 12.2 Å². The third-order valence-electron chi connectivity index (χ3n) is 3.00. The van der Waals surface area contributed by atoms with Crippen LogP contribution in [0.2, 0.25) is 0 Å². The van der Waals surface area contributed by atoms with E-state index in [4.69, 9.17) is 4.74 Å². The van der Waals surface area contributed by atoms with Gasteiger partial charge < -0.3 is 10.1 Å². The van der Waals surface area contributed by atoms with Crippen molar-refractivity contribution >= 4 is 0 Å². The second-order valence-corrected chi connectivity index (χ2v) is 4.28. The van der Waals surface area contributed by atoms with Gasteiger partial charge in [-0.05, 0) is 44.7 Å². The van der Waals surface area contributed by atoms with Crippen molar-refractivity contribution in [3.8, 4) is 0 Å². The van der Waals surface area contributed by atoms with E-state index in [1.165, 1.54) is 25.7 Å². The first kappa shape index (κ1) is 8.52. The SMILES string of the molecule is CC1CC(OC2CCNCC2)C1. The van der Waals surface area contributed by atoms with E-state index >= 15 is 0 Å². The summed E-state index contributed by atoms with van der Waals surface area (Å²) >= 11 is 0. The molecule has 0 bridgehead atoms. The maximum atomic E-state index is 5.96. The third kappa shape index (κ3) is 1.99. The van der Waals surface area contributed by atoms with Crippen molar-refractivity contribution in [1.82, 2.24) is 5.32 Å². The molecule has 1 saturated heterocycles. The molecule has 0 radical (unpaired) electrons. The molecule has 0 atom stereocenters. The molecule has 1 aliphatic heterocycles. The minimum absolute atomic E-state index is 0.559. The Hall–Kier alpha value is -0.0800. The van der Waals surface area contributed by atoms with Crippen LogP contribution < -0.4 is 5.32 Å². The molecule has 70 valence electrons. The van der Waals surface area contributed by atoms with Crippen molar-refractivity contribution in [3.63, 3.8) is 0 Å². The van der Waals surface area contributed by atoms with E-state index in [-0.39, 0.29) is 0 Å². The fraction of sp³-hybridized carbons (Fsp3) is 1.00. The second kappa shape index (κ2) is 3.75. The maximum absolute atomic E-state index is 5.96. The number of hydrogen-bond donors (Lipinski definition) is 1. The highest BCUT2D eigenvalue weighted by Crippen LogP contribution is 2.31. The van der Waals surface area contributed by atoms with E-state index in [2.05, 4.69) is 12.2 Å². The van der Waals surface area contributed by atoms with E-state index in [1.807, 2.05) is 0 Å². The number of nitrogens with one attached hydrogen (secondary N) is 1. The Morgan fingerprint density at radius 1 is 1.08 bits per heavy atom. The summed E-state index contributed by atoms with van der Waals surface area (Å²) in [6.07, 6.45) is 6.18. The molecular weight excluding hydrogens is 150 g/mol. The molecule has 0 unspecified atom stereocenters. The first-order valence-corrected chi connectivity index (χ1v) is 5.21. The minimum Gasteiger partial charge on any atom is -0.375 e. The monoisotopic (exact) mass is 169 g/mol. The largest absolute Gasteiger partial charge is 0.375 e. The minimum atomic E-state index is 0.559. The Balaban J connectivity index is 1.65. The van der Waals surface area contributed by atoms with Crippen molar-refractivity contribution in [2.24, 2.45) is 5.92 Å². The molecule has 0 aromatic rings. The summed E-state index contributed by atoms with van der Waals surface area (Å²) in [5.74, 6) is 0.914. The van der Waals surface area contributed by atoms with Gasteiger partial charge in [0.15, 0.2) is 0 Å². The smallest absolute Gasteiger partial charge is 0.0603 e. The molecule has 1 saturated carbocycles. The van der Waals surface area contributed by atoms with Gasteiger partial charge in [0.05, 0.1) is 12.2 Å². The number of hydrogen-bond acceptors (Lipinski definition) is 2. The van der Waals surface area contributed by atoms with Crippen molar-refractivity contribution in [2.75, 3.05) is 13.1 Å². The first-order valence-electron chi connectivity index (χ1n) is 5.21. The molecule has 2 nitrogen and oxygen atoms in total. The molecular formula is C10H19NO. The van der Waals surface area contributed by atoms with Gasteiger partial charge in [0.1, 0.15) is 0 Å². The molecule has 2 fully saturated rings. The summed E-state index contributed by atoms with van der Waals surface area (Å²) in [6.45, 7) is 4.60. The molecule has 0 amide bonds. The second-order valence-electron chi connectivity index (χ2n) is 4.28. The Bertz CT molecular complexity index is 137. The van der Waals surface area contributed by atoms with Crippen LogP contribution in [0.3, 0.4) is 0 Å². The van der Waals surface area contributed by atoms with Gasteiger partial charge in [-0.2, -0.15) is 0 Å². The van der Waals surface area contributed by atoms with Crippen LogP contribution in [0.5, 0.6) is 0 Å². The van der Waals surface area contributed by atoms with Crippen LogP contribution in [0.4, 0.5) is 0 Å². The molecule has 1 N–H and O–H groups in total. The van der Waals surface area contributed by atoms with Gasteiger partial charge in [0.25, 0.3) is 0 Å². The zero-order chi connectivity index (χ0) is 8.39. The standard InChI is InChI=1S/C10H19NO/c1-8-6-10(7-8)12-9-2-4-11-5-3-9/h8-11H,2-7H2,1H3. The van der Waals surface area contributed by atoms with Crippen LogP contribution in [-0.4, -0.2) is 25.3 Å². The van der Waals surface area contributed by atoms with Crippen molar-refractivity contribution in [1.29, 1.82) is 0 Å². The molecule has 0 spiro atoms. The Labute approximate surface area is 74.7 Å². The summed E-state index contributed by atoms with van der Waals surface area (Å²) in [6, 6.07) is 0. The van der Waals surface area contributed by atoms with Gasteiger partial charge in [-0.15, -0.1) is 0 Å². The van der Waals surface area contributed by atoms with Crippen molar-refractivity contribution < 1.29 is 4.74 Å². The van der Waals surface area contributed by atoms with Crippen molar-refractivity contribution in [3.05, 3.63) is 0 Å². The first-order chi connectivity index (χ1) is 5.84. The van der Waals surface area contributed by atoms with Crippen molar-refractivity contribution in [2.45, 2.75) is 44.8 Å². The zero-order valence-corrected chi connectivity index (χ0v) is 7.88. The Morgan fingerprint density at radius 3 is 2.33 bits per heavy atom. The summed E-state index contributed by atoms with van der Waals surface area (Å²) in [5, 5.41) is 3.35. The van der Waals surface area contributed by atoms with E-state index in [0.717, 1.165) is 19.0 Å². The molecule has 1 aliphatic carbocycles. The highest BCUT2D eigenvalue weighted by atomic mass is 16.5. The van der Waals surface area contributed by atoms with Crippen LogP contribution in [-0.2, 0) is 4.74 Å². The average Bonchev–Trinajstić information content (AvgIpc) is 2.04. The van der Waals surface area contributed by atoms with E-state index in [1.54, 1.807) is 0 Å². The predicted octanol–water partition coefficient (Wildman–Crippen LogP) is 1.55. The normalized spacial score (nSPS) is 37.8. The topological polar surface area (TPSA) is 21.3 Å². The summed E-state index contributed by atoms with van der Waals surface area (Å²) in [7, 11) is 0. The van der Waals surface area contributed by atoms with Gasteiger partial charge in [0, 0.05) is 0 Å². The average molecular weight is 169 g/mol. The number of rotatable bonds is 2. The third-order valence-corrected chi connectivity index (χ3v) is 3.00. The van der Waals surface area contributed by atoms with Gasteiger partial charge in [0.2, 0.25) is 0 Å². The van der Waals surface area contributed by atoms with Gasteiger partial charge in [-0.3, -0.25) is 0 Å². The molecule has 12 heavy (non-hydrogen) atoms. The fourth-order valence-corrected chi connectivity index (χ4v) is 2.14. The lowest BCUT2D eigenvalue weighted by Crippen LogP contribution is -2.38. The van der Waals surface area contributed by atoms with Gasteiger partial charge in [-0.25, -0.2) is 0 Å². The van der Waals surface area contributed by atoms with Crippen LogP contribution in [0, 0.1) is 5.92 Å². The molecule has 2 heteroatoms. The lowest BCUT2D eigenvalue weighted by molar-refractivity contribution is -0.0808. The fourth-order valence-electron chi connectivity index (χ4n) is 2.14. The van der Waals surface area contributed by atoms with Crippen LogP contribution in [0.1, 0.15) is 32.6 Å². The van der Waals surface area contributed by atoms with Crippen LogP contribution >= 0.6 is 0 Å². The number of ether oxygens (including phenoxy) is 1. The molecule has 1 heterocycles. The van der Waals surface area contributed by atoms with Gasteiger partial charge >= 0.3 is 0 Å². The summed E-state index contributed by atoms with van der Waals surface area (Å²) in [4.78, 5) is 0. The maximum Gasteiger partial charge on any atom is 0.0603 e. The van der Waals surface area contributed by atoms with E-state index < -0.39 is 0 Å². The predicted molar refractivity (Wildman–Crippen MR) is 49.2 cm³/mol. The van der Waals surface area contributed by atoms with Gasteiger partial charge in [-0.1, -0.05) is 6.92 Å². The quantitative estimate of drug-likeness (QED) is 0.677.